The molecule has 2 aliphatic rings. The number of aliphatic hydroxyl groups is 1. The van der Waals surface area contributed by atoms with Crippen molar-refractivity contribution in [2.24, 2.45) is 23.2 Å². The summed E-state index contributed by atoms with van der Waals surface area (Å²) in [7, 11) is 0. The largest absolute Gasteiger partial charge is 0.458 e. The Morgan fingerprint density at radius 3 is 1.62 bits per heavy atom. The van der Waals surface area contributed by atoms with E-state index in [4.69, 9.17) is 33.2 Å². The first kappa shape index (κ1) is 47.8. The highest BCUT2D eigenvalue weighted by Crippen LogP contribution is 2.54. The monoisotopic (exact) mass is 848 g/mol. The van der Waals surface area contributed by atoms with Gasteiger partial charge >= 0.3 is 41.8 Å². The Kier molecular flexibility index (Phi) is 15.1. The summed E-state index contributed by atoms with van der Waals surface area (Å²) in [4.78, 5) is 94.0. The number of carbonyl (C=O) groups is 7. The molecule has 15 nitrogen and oxygen atoms in total. The molecule has 2 aromatic carbocycles. The molecule has 15 heteroatoms. The van der Waals surface area contributed by atoms with Crippen molar-refractivity contribution >= 4 is 41.8 Å². The van der Waals surface area contributed by atoms with Crippen LogP contribution in [0.3, 0.4) is 0 Å². The molecule has 0 aromatic heterocycles. The summed E-state index contributed by atoms with van der Waals surface area (Å²) in [6.07, 6.45) is -7.61. The second-order valence-electron chi connectivity index (χ2n) is 16.7. The molecule has 1 N–H and O–H groups in total. The quantitative estimate of drug-likeness (QED) is 0.174. The van der Waals surface area contributed by atoms with Gasteiger partial charge in [-0.2, -0.15) is 0 Å². The van der Waals surface area contributed by atoms with Gasteiger partial charge in [0.1, 0.15) is 23.4 Å². The molecule has 61 heavy (non-hydrogen) atoms. The second kappa shape index (κ2) is 19.3. The van der Waals surface area contributed by atoms with Crippen molar-refractivity contribution in [2.75, 3.05) is 0 Å². The molecule has 0 amide bonds. The zero-order valence-electron chi connectivity index (χ0n) is 36.2. The Morgan fingerprint density at radius 2 is 1.15 bits per heavy atom. The zero-order chi connectivity index (χ0) is 45.6. The molecule has 2 aliphatic carbocycles. The molecule has 0 saturated heterocycles. The number of fused-ring (bicyclic) bond motifs is 1. The van der Waals surface area contributed by atoms with E-state index in [0.717, 1.165) is 27.7 Å². The van der Waals surface area contributed by atoms with E-state index in [2.05, 4.69) is 6.58 Å². The van der Waals surface area contributed by atoms with E-state index >= 15 is 0 Å². The first-order valence-corrected chi connectivity index (χ1v) is 20.0. The topological polar surface area (TPSA) is 204 Å². The third-order valence-electron chi connectivity index (χ3n) is 10.8. The maximum absolute atomic E-state index is 14.3. The fourth-order valence-electron chi connectivity index (χ4n) is 8.16. The lowest BCUT2D eigenvalue weighted by Crippen LogP contribution is -2.60. The van der Waals surface area contributed by atoms with Gasteiger partial charge in [0.05, 0.1) is 23.0 Å². The second-order valence-corrected chi connectivity index (χ2v) is 16.7. The fourth-order valence-corrected chi connectivity index (χ4v) is 8.16. The molecule has 330 valence electrons. The highest BCUT2D eigenvalue weighted by molar-refractivity contribution is 5.90. The van der Waals surface area contributed by atoms with Crippen molar-refractivity contribution in [1.29, 1.82) is 0 Å². The molecule has 2 aromatic rings. The normalized spacial score (nSPS) is 29.7. The van der Waals surface area contributed by atoms with Crippen LogP contribution in [0.5, 0.6) is 0 Å². The predicted octanol–water partition coefficient (Wildman–Crippen LogP) is 5.66. The summed E-state index contributed by atoms with van der Waals surface area (Å²) in [5, 5.41) is 13.6. The summed E-state index contributed by atoms with van der Waals surface area (Å²) in [5.74, 6) is -9.68. The minimum Gasteiger partial charge on any atom is -0.458 e. The van der Waals surface area contributed by atoms with Crippen LogP contribution in [0.1, 0.15) is 96.4 Å². The predicted molar refractivity (Wildman–Crippen MR) is 217 cm³/mol. The first-order chi connectivity index (χ1) is 28.4. The van der Waals surface area contributed by atoms with Gasteiger partial charge in [0.2, 0.25) is 0 Å². The number of benzene rings is 2. The Labute approximate surface area is 355 Å². The summed E-state index contributed by atoms with van der Waals surface area (Å²) >= 11 is 0. The van der Waals surface area contributed by atoms with Gasteiger partial charge in [-0.1, -0.05) is 89.7 Å². The lowest BCUT2D eigenvalue weighted by atomic mass is 9.71. The van der Waals surface area contributed by atoms with E-state index in [9.17, 15) is 38.7 Å². The van der Waals surface area contributed by atoms with Crippen molar-refractivity contribution in [3.05, 3.63) is 96.1 Å². The first-order valence-electron chi connectivity index (χ1n) is 20.0. The molecule has 0 spiro atoms. The fraction of sp³-hybridized carbons (Fsp3) is 0.500. The standard InChI is InChI=1S/C46H56O15/c1-25(2)41(51)59-36-27(4)35(58-42(52)32-18-14-12-15-19-32)34-39(56-29(6)48)45(11,61-31(8)50)24-46(34,54)38(60-43(53)33-20-16-13-17-21-33)26(3)22-23-44(9,10)40(57-30(7)49)37(36)55-28(5)47/h12-23,25-26,34-40,54H,4,24H2,1-3,5-11H3. The van der Waals surface area contributed by atoms with Crippen LogP contribution in [0.25, 0.3) is 0 Å². The SMILES string of the molecule is C=C1C(OC(=O)C(C)C)C(OC(C)=O)C(OC(C)=O)C(C)(C)C=CC(C)C(OC(=O)c2ccccc2)C2(O)CC(C)(OC(C)=O)C(OC(C)=O)C2C1OC(=O)c1ccccc1. The lowest BCUT2D eigenvalue weighted by Gasteiger charge is -2.46. The smallest absolute Gasteiger partial charge is 0.338 e. The number of hydrogen-bond donors (Lipinski definition) is 1. The van der Waals surface area contributed by atoms with E-state index < -0.39 is 119 Å². The molecular weight excluding hydrogens is 792 g/mol. The maximum Gasteiger partial charge on any atom is 0.338 e. The van der Waals surface area contributed by atoms with Gasteiger partial charge in [-0.15, -0.1) is 0 Å². The summed E-state index contributed by atoms with van der Waals surface area (Å²) in [6.45, 7) is 18.1. The van der Waals surface area contributed by atoms with E-state index in [1.54, 1.807) is 69.3 Å². The van der Waals surface area contributed by atoms with Gasteiger partial charge in [-0.25, -0.2) is 9.59 Å². The number of rotatable bonds is 10. The molecule has 1 saturated carbocycles. The molecule has 4 rings (SSSR count). The maximum atomic E-state index is 14.3. The molecule has 0 heterocycles. The summed E-state index contributed by atoms with van der Waals surface area (Å²) in [6, 6.07) is 15.6. The van der Waals surface area contributed by atoms with Gasteiger partial charge in [-0.05, 0) is 31.2 Å². The Hall–Kier alpha value is -5.83. The highest BCUT2D eigenvalue weighted by atomic mass is 16.6. The minimum absolute atomic E-state index is 0.0178. The Morgan fingerprint density at radius 1 is 0.656 bits per heavy atom. The van der Waals surface area contributed by atoms with Crippen LogP contribution in [-0.4, -0.2) is 94.7 Å². The highest BCUT2D eigenvalue weighted by Gasteiger charge is 2.70. The van der Waals surface area contributed by atoms with E-state index in [1.165, 1.54) is 45.0 Å². The van der Waals surface area contributed by atoms with Gasteiger partial charge < -0.3 is 38.3 Å². The van der Waals surface area contributed by atoms with E-state index in [0.29, 0.717) is 0 Å². The Balaban J connectivity index is 2.21. The van der Waals surface area contributed by atoms with Crippen LogP contribution >= 0.6 is 0 Å². The lowest BCUT2D eigenvalue weighted by molar-refractivity contribution is -0.194. The van der Waals surface area contributed by atoms with E-state index in [-0.39, 0.29) is 16.7 Å². The van der Waals surface area contributed by atoms with Crippen molar-refractivity contribution in [3.63, 3.8) is 0 Å². The molecule has 10 atom stereocenters. The van der Waals surface area contributed by atoms with Crippen LogP contribution in [0, 0.1) is 23.2 Å². The molecule has 0 aliphatic heterocycles. The van der Waals surface area contributed by atoms with Gasteiger partial charge in [-0.3, -0.25) is 24.0 Å². The van der Waals surface area contributed by atoms with Crippen LogP contribution in [0.4, 0.5) is 0 Å². The van der Waals surface area contributed by atoms with Gasteiger partial charge in [0.25, 0.3) is 0 Å². The molecule has 0 bridgehead atoms. The average molecular weight is 849 g/mol. The number of esters is 7. The minimum atomic E-state index is -2.47. The molecule has 0 radical (unpaired) electrons. The van der Waals surface area contributed by atoms with Gasteiger partial charge in [0, 0.05) is 51.0 Å². The van der Waals surface area contributed by atoms with Crippen LogP contribution in [0.15, 0.2) is 85.0 Å². The summed E-state index contributed by atoms with van der Waals surface area (Å²) < 4.78 is 42.3. The van der Waals surface area contributed by atoms with Crippen molar-refractivity contribution in [1.82, 2.24) is 0 Å². The van der Waals surface area contributed by atoms with Gasteiger partial charge in [0.15, 0.2) is 24.4 Å². The van der Waals surface area contributed by atoms with Crippen LogP contribution in [0.2, 0.25) is 0 Å². The van der Waals surface area contributed by atoms with Crippen LogP contribution < -0.4 is 0 Å². The molecule has 10 unspecified atom stereocenters. The molecule has 1 fully saturated rings. The average Bonchev–Trinajstić information content (AvgIpc) is 3.38. The zero-order valence-corrected chi connectivity index (χ0v) is 36.2. The third-order valence-corrected chi connectivity index (χ3v) is 10.8. The van der Waals surface area contributed by atoms with Crippen molar-refractivity contribution < 1.29 is 71.8 Å². The third kappa shape index (κ3) is 11.1. The van der Waals surface area contributed by atoms with Crippen molar-refractivity contribution in [2.45, 2.75) is 123 Å². The number of carbonyl (C=O) groups excluding carboxylic acids is 7. The van der Waals surface area contributed by atoms with Crippen molar-refractivity contribution in [3.8, 4) is 0 Å². The Bertz CT molecular complexity index is 2010. The molecular formula is C46H56O15. The number of ether oxygens (including phenoxy) is 7. The van der Waals surface area contributed by atoms with Crippen LogP contribution in [-0.2, 0) is 57.1 Å². The summed E-state index contributed by atoms with van der Waals surface area (Å²) in [5.41, 5.74) is -5.91. The number of hydrogen-bond acceptors (Lipinski definition) is 15. The van der Waals surface area contributed by atoms with E-state index in [1.807, 2.05) is 0 Å².